The lowest BCUT2D eigenvalue weighted by Gasteiger charge is -2.08. The summed E-state index contributed by atoms with van der Waals surface area (Å²) in [4.78, 5) is 5.22. The van der Waals surface area contributed by atoms with Gasteiger partial charge >= 0.3 is 0 Å². The number of H-pyrrole nitrogens is 1. The lowest BCUT2D eigenvalue weighted by atomic mass is 10.0. The quantitative estimate of drug-likeness (QED) is 0.615. The molecule has 28 heavy (non-hydrogen) atoms. The minimum absolute atomic E-state index is 0.101. The van der Waals surface area contributed by atoms with Crippen LogP contribution in [0.25, 0.3) is 22.5 Å². The smallest absolute Gasteiger partial charge is 0.295 e. The summed E-state index contributed by atoms with van der Waals surface area (Å²) in [5, 5.41) is 0. The third-order valence-corrected chi connectivity index (χ3v) is 5.50. The number of hydrogen-bond donors (Lipinski definition) is 1. The van der Waals surface area contributed by atoms with Crippen molar-refractivity contribution in [1.29, 1.82) is 0 Å². The first-order chi connectivity index (χ1) is 13.0. The summed E-state index contributed by atoms with van der Waals surface area (Å²) in [5.41, 5.74) is 2.28. The normalized spacial score (nSPS) is 12.0. The van der Waals surface area contributed by atoms with E-state index in [1.807, 2.05) is 13.8 Å². The first-order valence-electron chi connectivity index (χ1n) is 8.14. The van der Waals surface area contributed by atoms with Crippen molar-refractivity contribution in [2.24, 2.45) is 0 Å². The Morgan fingerprint density at radius 2 is 1.57 bits per heavy atom. The molecule has 0 saturated heterocycles. The molecule has 3 rings (SSSR count). The van der Waals surface area contributed by atoms with Crippen molar-refractivity contribution in [2.75, 3.05) is 6.26 Å². The fourth-order valence-electron chi connectivity index (χ4n) is 2.86. The predicted molar refractivity (Wildman–Crippen MR) is 96.9 cm³/mol. The van der Waals surface area contributed by atoms with E-state index in [9.17, 15) is 26.0 Å². The third kappa shape index (κ3) is 3.66. The number of hydrogen-bond acceptors (Lipinski definition) is 3. The average Bonchev–Trinajstić information content (AvgIpc) is 3.01. The number of sulfone groups is 1. The number of nitrogens with zero attached hydrogens (tertiary/aromatic N) is 1. The lowest BCUT2D eigenvalue weighted by Crippen LogP contribution is -2.05. The topological polar surface area (TPSA) is 62.8 Å². The van der Waals surface area contributed by atoms with Gasteiger partial charge < -0.3 is 4.98 Å². The molecule has 0 aliphatic rings. The molecule has 9 heteroatoms. The summed E-state index contributed by atoms with van der Waals surface area (Å²) < 4.78 is 78.1. The molecule has 1 N–H and O–H groups in total. The molecular formula is C19H16F4N2O2S. The van der Waals surface area contributed by atoms with E-state index in [1.165, 1.54) is 0 Å². The second-order valence-electron chi connectivity index (χ2n) is 6.49. The molecule has 0 aliphatic heterocycles. The molecule has 148 valence electrons. The van der Waals surface area contributed by atoms with Gasteiger partial charge in [0.1, 0.15) is 16.5 Å². The minimum atomic E-state index is -4.14. The average molecular weight is 412 g/mol. The van der Waals surface area contributed by atoms with Crippen molar-refractivity contribution in [1.82, 2.24) is 9.97 Å². The zero-order valence-corrected chi connectivity index (χ0v) is 16.0. The van der Waals surface area contributed by atoms with Gasteiger partial charge in [0.05, 0.1) is 11.4 Å². The third-order valence-electron chi connectivity index (χ3n) is 4.37. The summed E-state index contributed by atoms with van der Waals surface area (Å²) in [5.74, 6) is -3.29. The fourth-order valence-corrected chi connectivity index (χ4v) is 3.69. The SMILES string of the molecule is Cc1ccc(-c2[nH]c(C(F)F)nc2-c2cc(F)c(S(C)(=O)=O)c(F)c2)cc1C. The number of aromatic amines is 1. The van der Waals surface area contributed by atoms with Crippen LogP contribution in [-0.4, -0.2) is 24.6 Å². The van der Waals surface area contributed by atoms with Crippen LogP contribution in [-0.2, 0) is 9.84 Å². The molecule has 0 radical (unpaired) electrons. The summed E-state index contributed by atoms with van der Waals surface area (Å²) in [7, 11) is -4.14. The maximum atomic E-state index is 14.3. The maximum absolute atomic E-state index is 14.3. The van der Waals surface area contributed by atoms with Gasteiger partial charge in [-0.15, -0.1) is 0 Å². The van der Waals surface area contributed by atoms with Gasteiger partial charge in [-0.25, -0.2) is 31.0 Å². The van der Waals surface area contributed by atoms with E-state index in [0.29, 0.717) is 11.8 Å². The van der Waals surface area contributed by atoms with Crippen LogP contribution < -0.4 is 0 Å². The highest BCUT2D eigenvalue weighted by Gasteiger charge is 2.25. The van der Waals surface area contributed by atoms with Gasteiger partial charge in [-0.3, -0.25) is 0 Å². The molecule has 0 fully saturated rings. The summed E-state index contributed by atoms with van der Waals surface area (Å²) in [6.45, 7) is 3.72. The number of nitrogens with one attached hydrogen (secondary N) is 1. The molecule has 1 heterocycles. The van der Waals surface area contributed by atoms with E-state index >= 15 is 0 Å². The first kappa shape index (κ1) is 20.1. The number of halogens is 4. The van der Waals surface area contributed by atoms with E-state index in [2.05, 4.69) is 9.97 Å². The maximum Gasteiger partial charge on any atom is 0.295 e. The minimum Gasteiger partial charge on any atom is -0.337 e. The van der Waals surface area contributed by atoms with Crippen molar-refractivity contribution in [3.63, 3.8) is 0 Å². The Balaban J connectivity index is 2.26. The van der Waals surface area contributed by atoms with Crippen molar-refractivity contribution < 1.29 is 26.0 Å². The number of imidazole rings is 1. The van der Waals surface area contributed by atoms with Crippen molar-refractivity contribution in [3.8, 4) is 22.5 Å². The highest BCUT2D eigenvalue weighted by molar-refractivity contribution is 7.90. The Hall–Kier alpha value is -2.68. The van der Waals surface area contributed by atoms with Crippen molar-refractivity contribution in [2.45, 2.75) is 25.2 Å². The number of alkyl halides is 2. The summed E-state index contributed by atoms with van der Waals surface area (Å²) >= 11 is 0. The second kappa shape index (κ2) is 7.05. The highest BCUT2D eigenvalue weighted by atomic mass is 32.2. The van der Waals surface area contributed by atoms with E-state index in [-0.39, 0.29) is 17.0 Å². The van der Waals surface area contributed by atoms with Gasteiger partial charge in [0.2, 0.25) is 0 Å². The molecule has 4 nitrogen and oxygen atoms in total. The van der Waals surface area contributed by atoms with Crippen LogP contribution in [0.4, 0.5) is 17.6 Å². The second-order valence-corrected chi connectivity index (χ2v) is 8.44. The Labute approximate surface area is 159 Å². The van der Waals surface area contributed by atoms with E-state index in [1.54, 1.807) is 18.2 Å². The molecule has 0 spiro atoms. The predicted octanol–water partition coefficient (Wildman–Crippen LogP) is 4.98. The Morgan fingerprint density at radius 1 is 0.964 bits per heavy atom. The fraction of sp³-hybridized carbons (Fsp3) is 0.211. The van der Waals surface area contributed by atoms with Crippen molar-refractivity contribution in [3.05, 3.63) is 58.9 Å². The van der Waals surface area contributed by atoms with Gasteiger partial charge in [0, 0.05) is 17.4 Å². The molecule has 0 unspecified atom stereocenters. The standard InChI is InChI=1S/C19H16F4N2O2S/c1-9-4-5-11(6-10(9)2)15-16(25-19(24-15)18(22)23)12-7-13(20)17(14(21)8-12)28(3,26)27/h4-8,18H,1-3H3,(H,24,25). The number of benzene rings is 2. The molecule has 0 aliphatic carbocycles. The number of aryl methyl sites for hydroxylation is 2. The largest absolute Gasteiger partial charge is 0.337 e. The molecule has 0 amide bonds. The number of aromatic nitrogens is 2. The monoisotopic (exact) mass is 412 g/mol. The van der Waals surface area contributed by atoms with Gasteiger partial charge in [0.15, 0.2) is 15.7 Å². The lowest BCUT2D eigenvalue weighted by molar-refractivity contribution is 0.141. The van der Waals surface area contributed by atoms with Crippen molar-refractivity contribution >= 4 is 9.84 Å². The van der Waals surface area contributed by atoms with E-state index in [0.717, 1.165) is 23.3 Å². The Morgan fingerprint density at radius 3 is 2.07 bits per heavy atom. The molecular weight excluding hydrogens is 396 g/mol. The van der Waals surface area contributed by atoms with Gasteiger partial charge in [-0.2, -0.15) is 0 Å². The van der Waals surface area contributed by atoms with Crippen LogP contribution in [0.1, 0.15) is 23.4 Å². The number of rotatable bonds is 4. The van der Waals surface area contributed by atoms with Crippen LogP contribution in [0.5, 0.6) is 0 Å². The van der Waals surface area contributed by atoms with Crippen LogP contribution in [0.15, 0.2) is 35.2 Å². The Bertz CT molecular complexity index is 1150. The van der Waals surface area contributed by atoms with Crippen LogP contribution >= 0.6 is 0 Å². The molecule has 0 bridgehead atoms. The van der Waals surface area contributed by atoms with Crippen LogP contribution in [0.2, 0.25) is 0 Å². The highest BCUT2D eigenvalue weighted by Crippen LogP contribution is 2.35. The molecule has 3 aromatic rings. The molecule has 2 aromatic carbocycles. The van der Waals surface area contributed by atoms with Crippen LogP contribution in [0.3, 0.4) is 0 Å². The summed E-state index contributed by atoms with van der Waals surface area (Å²) in [6, 6.07) is 6.74. The van der Waals surface area contributed by atoms with E-state index in [4.69, 9.17) is 0 Å². The molecule has 0 saturated carbocycles. The Kier molecular flexibility index (Phi) is 5.05. The van der Waals surface area contributed by atoms with Gasteiger partial charge in [-0.1, -0.05) is 12.1 Å². The van der Waals surface area contributed by atoms with Crippen LogP contribution in [0, 0.1) is 25.5 Å². The summed E-state index contributed by atoms with van der Waals surface area (Å²) in [6.07, 6.45) is -2.25. The zero-order chi connectivity index (χ0) is 20.8. The molecule has 0 atom stereocenters. The first-order valence-corrected chi connectivity index (χ1v) is 10.0. The molecule has 1 aromatic heterocycles. The van der Waals surface area contributed by atoms with Gasteiger partial charge in [0.25, 0.3) is 6.43 Å². The zero-order valence-electron chi connectivity index (χ0n) is 15.1. The van der Waals surface area contributed by atoms with Gasteiger partial charge in [-0.05, 0) is 43.2 Å². The van der Waals surface area contributed by atoms with E-state index < -0.39 is 38.6 Å².